The first-order chi connectivity index (χ1) is 10.1. The zero-order chi connectivity index (χ0) is 15.0. The van der Waals surface area contributed by atoms with Crippen LogP contribution in [0.25, 0.3) is 5.57 Å². The summed E-state index contributed by atoms with van der Waals surface area (Å²) in [6.07, 6.45) is 4.98. The van der Waals surface area contributed by atoms with Gasteiger partial charge < -0.3 is 9.47 Å². The van der Waals surface area contributed by atoms with E-state index in [0.29, 0.717) is 6.42 Å². The molecule has 21 heavy (non-hydrogen) atoms. The van der Waals surface area contributed by atoms with E-state index in [1.165, 1.54) is 0 Å². The number of allylic oxidation sites excluding steroid dienone is 1. The van der Waals surface area contributed by atoms with E-state index < -0.39 is 9.84 Å². The maximum atomic E-state index is 12.3. The minimum atomic E-state index is -2.99. The van der Waals surface area contributed by atoms with Crippen molar-refractivity contribution in [3.05, 3.63) is 29.8 Å². The molecule has 2 unspecified atom stereocenters. The molecule has 0 saturated carbocycles. The summed E-state index contributed by atoms with van der Waals surface area (Å²) in [5.41, 5.74) is 2.01. The second kappa shape index (κ2) is 5.37. The van der Waals surface area contributed by atoms with Crippen LogP contribution in [0.1, 0.15) is 31.2 Å². The molecule has 1 aromatic rings. The Kier molecular flexibility index (Phi) is 3.69. The first kappa shape index (κ1) is 14.4. The van der Waals surface area contributed by atoms with Crippen molar-refractivity contribution in [2.75, 3.05) is 14.2 Å². The van der Waals surface area contributed by atoms with Gasteiger partial charge in [0.25, 0.3) is 0 Å². The largest absolute Gasteiger partial charge is 0.497 e. The lowest BCUT2D eigenvalue weighted by molar-refractivity contribution is 0.401. The van der Waals surface area contributed by atoms with Crippen LogP contribution in [-0.2, 0) is 9.84 Å². The molecule has 5 heteroatoms. The van der Waals surface area contributed by atoms with Crippen molar-refractivity contribution in [2.45, 2.75) is 36.2 Å². The van der Waals surface area contributed by atoms with Gasteiger partial charge in [0.1, 0.15) is 11.5 Å². The Hall–Kier alpha value is -1.49. The zero-order valence-corrected chi connectivity index (χ0v) is 13.2. The Morgan fingerprint density at radius 3 is 2.62 bits per heavy atom. The molecule has 114 valence electrons. The molecular weight excluding hydrogens is 288 g/mol. The number of hydrogen-bond donors (Lipinski definition) is 0. The summed E-state index contributed by atoms with van der Waals surface area (Å²) >= 11 is 0. The van der Waals surface area contributed by atoms with Gasteiger partial charge in [0.05, 0.1) is 24.7 Å². The van der Waals surface area contributed by atoms with Gasteiger partial charge in [-0.05, 0) is 43.0 Å². The van der Waals surface area contributed by atoms with Crippen molar-refractivity contribution in [1.82, 2.24) is 0 Å². The lowest BCUT2D eigenvalue weighted by Gasteiger charge is -2.33. The SMILES string of the molecule is COc1ccc(OC)c(C2=CC3CCCC(C2)S3(=O)=O)c1. The molecule has 0 amide bonds. The monoisotopic (exact) mass is 308 g/mol. The molecule has 2 atom stereocenters. The minimum Gasteiger partial charge on any atom is -0.497 e. The summed E-state index contributed by atoms with van der Waals surface area (Å²) in [6.45, 7) is 0. The van der Waals surface area contributed by atoms with Crippen molar-refractivity contribution in [3.63, 3.8) is 0 Å². The normalized spacial score (nSPS) is 26.9. The van der Waals surface area contributed by atoms with Crippen LogP contribution in [0.5, 0.6) is 11.5 Å². The third-order valence-electron chi connectivity index (χ3n) is 4.49. The molecule has 1 aromatic carbocycles. The average molecular weight is 308 g/mol. The highest BCUT2D eigenvalue weighted by Crippen LogP contribution is 2.42. The van der Waals surface area contributed by atoms with Crippen molar-refractivity contribution in [1.29, 1.82) is 0 Å². The number of rotatable bonds is 3. The summed E-state index contributed by atoms with van der Waals surface area (Å²) in [5.74, 6) is 1.52. The van der Waals surface area contributed by atoms with E-state index in [1.807, 2.05) is 24.3 Å². The molecular formula is C16H20O4S. The Morgan fingerprint density at radius 2 is 1.95 bits per heavy atom. The topological polar surface area (TPSA) is 52.6 Å². The van der Waals surface area contributed by atoms with Gasteiger partial charge in [-0.15, -0.1) is 0 Å². The molecule has 2 aliphatic heterocycles. The van der Waals surface area contributed by atoms with Crippen LogP contribution < -0.4 is 9.47 Å². The van der Waals surface area contributed by atoms with Crippen molar-refractivity contribution < 1.29 is 17.9 Å². The predicted octanol–water partition coefficient (Wildman–Crippen LogP) is 2.83. The van der Waals surface area contributed by atoms with Crippen LogP contribution >= 0.6 is 0 Å². The molecule has 2 aliphatic rings. The highest BCUT2D eigenvalue weighted by Gasteiger charge is 2.40. The number of fused-ring (bicyclic) bond motifs is 2. The fourth-order valence-corrected chi connectivity index (χ4v) is 5.57. The van der Waals surface area contributed by atoms with Gasteiger partial charge >= 0.3 is 0 Å². The highest BCUT2D eigenvalue weighted by molar-refractivity contribution is 7.93. The maximum Gasteiger partial charge on any atom is 0.159 e. The Morgan fingerprint density at radius 1 is 1.14 bits per heavy atom. The van der Waals surface area contributed by atoms with Gasteiger partial charge in [-0.1, -0.05) is 12.5 Å². The second-order valence-corrected chi connectivity index (χ2v) is 8.09. The van der Waals surface area contributed by atoms with Crippen LogP contribution in [0.2, 0.25) is 0 Å². The fourth-order valence-electron chi connectivity index (χ4n) is 3.32. The summed E-state index contributed by atoms with van der Waals surface area (Å²) in [7, 11) is 0.266. The molecule has 0 aromatic heterocycles. The number of hydrogen-bond acceptors (Lipinski definition) is 4. The smallest absolute Gasteiger partial charge is 0.159 e. The van der Waals surface area contributed by atoms with Gasteiger partial charge in [-0.3, -0.25) is 0 Å². The molecule has 3 rings (SSSR count). The van der Waals surface area contributed by atoms with E-state index in [1.54, 1.807) is 14.2 Å². The highest BCUT2D eigenvalue weighted by atomic mass is 32.2. The van der Waals surface area contributed by atoms with Crippen LogP contribution in [-0.4, -0.2) is 33.1 Å². The van der Waals surface area contributed by atoms with Crippen LogP contribution in [0.15, 0.2) is 24.3 Å². The van der Waals surface area contributed by atoms with Gasteiger partial charge in [0.15, 0.2) is 9.84 Å². The minimum absolute atomic E-state index is 0.243. The van der Waals surface area contributed by atoms with E-state index >= 15 is 0 Å². The van der Waals surface area contributed by atoms with Crippen LogP contribution in [0.3, 0.4) is 0 Å². The fraction of sp³-hybridized carbons (Fsp3) is 0.500. The lowest BCUT2D eigenvalue weighted by atomic mass is 9.92. The first-order valence-electron chi connectivity index (χ1n) is 7.22. The second-order valence-electron chi connectivity index (χ2n) is 5.64. The van der Waals surface area contributed by atoms with Gasteiger partial charge in [0.2, 0.25) is 0 Å². The summed E-state index contributed by atoms with van der Waals surface area (Å²) in [4.78, 5) is 0. The van der Waals surface area contributed by atoms with E-state index in [0.717, 1.165) is 41.9 Å². The Labute approximate surface area is 125 Å². The molecule has 0 radical (unpaired) electrons. The molecule has 2 bridgehead atoms. The maximum absolute atomic E-state index is 12.3. The summed E-state index contributed by atoms with van der Waals surface area (Å²) in [6, 6.07) is 5.65. The van der Waals surface area contributed by atoms with Gasteiger partial charge in [-0.25, -0.2) is 8.42 Å². The lowest BCUT2D eigenvalue weighted by Crippen LogP contribution is -2.38. The third kappa shape index (κ3) is 2.44. The number of sulfone groups is 1. The van der Waals surface area contributed by atoms with Gasteiger partial charge in [-0.2, -0.15) is 0 Å². The molecule has 0 spiro atoms. The molecule has 4 nitrogen and oxygen atoms in total. The number of benzene rings is 1. The molecule has 0 aliphatic carbocycles. The molecule has 1 saturated heterocycles. The van der Waals surface area contributed by atoms with Crippen molar-refractivity contribution >= 4 is 15.4 Å². The van der Waals surface area contributed by atoms with E-state index in [4.69, 9.17) is 9.47 Å². The molecule has 2 heterocycles. The van der Waals surface area contributed by atoms with Crippen LogP contribution in [0, 0.1) is 0 Å². The number of methoxy groups -OCH3 is 2. The Balaban J connectivity index is 2.07. The standard InChI is InChI=1S/C16H20O4S/c1-19-12-6-7-16(20-2)15(10-12)11-8-13-4-3-5-14(9-11)21(13,17)18/h6-8,10,13-14H,3-5,9H2,1-2H3. The summed E-state index contributed by atoms with van der Waals surface area (Å²) < 4.78 is 35.4. The van der Waals surface area contributed by atoms with Gasteiger partial charge in [0, 0.05) is 5.56 Å². The van der Waals surface area contributed by atoms with Crippen molar-refractivity contribution in [3.8, 4) is 11.5 Å². The predicted molar refractivity (Wildman–Crippen MR) is 82.5 cm³/mol. The first-order valence-corrected chi connectivity index (χ1v) is 8.83. The average Bonchev–Trinajstić information content (AvgIpc) is 2.45. The quantitative estimate of drug-likeness (QED) is 0.861. The molecule has 0 N–H and O–H groups in total. The van der Waals surface area contributed by atoms with E-state index in [9.17, 15) is 8.42 Å². The van der Waals surface area contributed by atoms with E-state index in [2.05, 4.69) is 0 Å². The van der Waals surface area contributed by atoms with Crippen LogP contribution in [0.4, 0.5) is 0 Å². The molecule has 1 fully saturated rings. The zero-order valence-electron chi connectivity index (χ0n) is 12.3. The Bertz CT molecular complexity index is 676. The van der Waals surface area contributed by atoms with E-state index in [-0.39, 0.29) is 10.5 Å². The van der Waals surface area contributed by atoms with Crippen molar-refractivity contribution in [2.24, 2.45) is 0 Å². The third-order valence-corrected chi connectivity index (χ3v) is 7.04. The summed E-state index contributed by atoms with van der Waals surface area (Å²) in [5, 5.41) is -0.580. The number of ether oxygens (including phenoxy) is 2.